The predicted octanol–water partition coefficient (Wildman–Crippen LogP) is 5.06. The molecule has 0 aliphatic heterocycles. The quantitative estimate of drug-likeness (QED) is 0.770. The maximum absolute atomic E-state index is 12.3. The van der Waals surface area contributed by atoms with Gasteiger partial charge in [-0.3, -0.25) is 4.79 Å². The van der Waals surface area contributed by atoms with Crippen molar-refractivity contribution in [2.45, 2.75) is 44.4 Å². The Morgan fingerprint density at radius 3 is 2.73 bits per heavy atom. The number of carbonyl (C=O) groups is 1. The zero-order valence-electron chi connectivity index (χ0n) is 15.5. The van der Waals surface area contributed by atoms with E-state index < -0.39 is 0 Å². The predicted molar refractivity (Wildman–Crippen MR) is 106 cm³/mol. The van der Waals surface area contributed by atoms with Crippen molar-refractivity contribution in [2.24, 2.45) is 18.9 Å². The highest BCUT2D eigenvalue weighted by Gasteiger charge is 2.32. The zero-order chi connectivity index (χ0) is 17.9. The second-order valence-electron chi connectivity index (χ2n) is 7.86. The van der Waals surface area contributed by atoms with Gasteiger partial charge >= 0.3 is 0 Å². The molecule has 2 aromatic rings. The highest BCUT2D eigenvalue weighted by molar-refractivity contribution is 5.92. The third-order valence-corrected chi connectivity index (χ3v) is 6.18. The molecule has 0 spiro atoms. The topological polar surface area (TPSA) is 34.0 Å². The lowest BCUT2D eigenvalue weighted by molar-refractivity contribution is -0.115. The summed E-state index contributed by atoms with van der Waals surface area (Å²) in [6.45, 7) is 0. The summed E-state index contributed by atoms with van der Waals surface area (Å²) in [5, 5.41) is 3.02. The molecule has 1 saturated carbocycles. The molecular weight excluding hydrogens is 320 g/mol. The van der Waals surface area contributed by atoms with Gasteiger partial charge in [0, 0.05) is 30.5 Å². The lowest BCUT2D eigenvalue weighted by atomic mass is 9.66. The van der Waals surface area contributed by atoms with Gasteiger partial charge in [0.15, 0.2) is 0 Å². The third-order valence-electron chi connectivity index (χ3n) is 6.18. The molecule has 136 valence electrons. The standard InChI is InChI=1S/C23H28N2O/c1-25-15-5-8-20(25)16-23(26)24-19-13-11-18(12-14-19)22-10-4-7-17-6-2-3-9-21(17)22/h4-5,8,10-15,17,21-22H,2-3,6-7,9,16H2,1H3,(H,24,26). The molecule has 1 amide bonds. The molecule has 3 nitrogen and oxygen atoms in total. The van der Waals surface area contributed by atoms with Crippen LogP contribution in [0.5, 0.6) is 0 Å². The van der Waals surface area contributed by atoms with Crippen LogP contribution >= 0.6 is 0 Å². The number of anilines is 1. The monoisotopic (exact) mass is 348 g/mol. The van der Waals surface area contributed by atoms with Crippen molar-refractivity contribution in [3.05, 3.63) is 66.0 Å². The van der Waals surface area contributed by atoms with Crippen LogP contribution in [0.25, 0.3) is 0 Å². The van der Waals surface area contributed by atoms with Crippen LogP contribution in [0, 0.1) is 11.8 Å². The van der Waals surface area contributed by atoms with Crippen LogP contribution in [0.15, 0.2) is 54.7 Å². The minimum absolute atomic E-state index is 0.0319. The maximum atomic E-state index is 12.3. The van der Waals surface area contributed by atoms with Gasteiger partial charge in [-0.25, -0.2) is 0 Å². The van der Waals surface area contributed by atoms with Gasteiger partial charge in [-0.1, -0.05) is 37.1 Å². The summed E-state index contributed by atoms with van der Waals surface area (Å²) in [4.78, 5) is 12.3. The number of aryl methyl sites for hydroxylation is 1. The van der Waals surface area contributed by atoms with E-state index in [-0.39, 0.29) is 5.91 Å². The average molecular weight is 348 g/mol. The Morgan fingerprint density at radius 2 is 1.96 bits per heavy atom. The van der Waals surface area contributed by atoms with Gasteiger partial charge < -0.3 is 9.88 Å². The smallest absolute Gasteiger partial charge is 0.230 e. The largest absolute Gasteiger partial charge is 0.354 e. The molecule has 0 radical (unpaired) electrons. The Kier molecular flexibility index (Phi) is 4.96. The molecule has 0 saturated heterocycles. The van der Waals surface area contributed by atoms with Crippen molar-refractivity contribution in [2.75, 3.05) is 5.32 Å². The summed E-state index contributed by atoms with van der Waals surface area (Å²) in [6.07, 6.45) is 13.9. The first-order chi connectivity index (χ1) is 12.7. The number of amides is 1. The summed E-state index contributed by atoms with van der Waals surface area (Å²) in [6, 6.07) is 12.5. The maximum Gasteiger partial charge on any atom is 0.230 e. The summed E-state index contributed by atoms with van der Waals surface area (Å²) < 4.78 is 1.98. The van der Waals surface area contributed by atoms with Gasteiger partial charge in [0.25, 0.3) is 0 Å². The molecule has 0 bridgehead atoms. The van der Waals surface area contributed by atoms with Gasteiger partial charge in [0.2, 0.25) is 5.91 Å². The van der Waals surface area contributed by atoms with E-state index in [1.54, 1.807) is 0 Å². The first kappa shape index (κ1) is 17.1. The second kappa shape index (κ2) is 7.53. The van der Waals surface area contributed by atoms with Crippen molar-refractivity contribution in [3.63, 3.8) is 0 Å². The Bertz CT molecular complexity index is 787. The van der Waals surface area contributed by atoms with Gasteiger partial charge in [-0.2, -0.15) is 0 Å². The minimum atomic E-state index is 0.0319. The lowest BCUT2D eigenvalue weighted by Gasteiger charge is -2.38. The third kappa shape index (κ3) is 3.62. The Morgan fingerprint density at radius 1 is 1.15 bits per heavy atom. The Balaban J connectivity index is 1.42. The molecule has 2 aliphatic rings. The molecule has 3 unspecified atom stereocenters. The molecule has 1 fully saturated rings. The first-order valence-electron chi connectivity index (χ1n) is 9.87. The number of hydrogen-bond acceptors (Lipinski definition) is 1. The highest BCUT2D eigenvalue weighted by atomic mass is 16.1. The van der Waals surface area contributed by atoms with E-state index in [1.165, 1.54) is 37.7 Å². The van der Waals surface area contributed by atoms with Crippen molar-refractivity contribution < 1.29 is 4.79 Å². The van der Waals surface area contributed by atoms with Crippen LogP contribution in [-0.4, -0.2) is 10.5 Å². The summed E-state index contributed by atoms with van der Waals surface area (Å²) in [5.74, 6) is 2.24. The van der Waals surface area contributed by atoms with E-state index in [4.69, 9.17) is 0 Å². The number of carbonyl (C=O) groups excluding carboxylic acids is 1. The van der Waals surface area contributed by atoms with E-state index in [0.29, 0.717) is 12.3 Å². The minimum Gasteiger partial charge on any atom is -0.354 e. The SMILES string of the molecule is Cn1cccc1CC(=O)Nc1ccc(C2C=CCC3CCCCC32)cc1. The summed E-state index contributed by atoms with van der Waals surface area (Å²) >= 11 is 0. The van der Waals surface area contributed by atoms with E-state index in [1.807, 2.05) is 29.9 Å². The first-order valence-corrected chi connectivity index (χ1v) is 9.87. The zero-order valence-corrected chi connectivity index (χ0v) is 15.5. The number of nitrogens with one attached hydrogen (secondary N) is 1. The van der Waals surface area contributed by atoms with E-state index in [9.17, 15) is 4.79 Å². The average Bonchev–Trinajstić information content (AvgIpc) is 3.06. The molecule has 1 N–H and O–H groups in total. The number of fused-ring (bicyclic) bond motifs is 1. The van der Waals surface area contributed by atoms with Crippen molar-refractivity contribution >= 4 is 11.6 Å². The Hall–Kier alpha value is -2.29. The van der Waals surface area contributed by atoms with Gasteiger partial charge in [0.05, 0.1) is 6.42 Å². The summed E-state index contributed by atoms with van der Waals surface area (Å²) in [5.41, 5.74) is 3.29. The van der Waals surface area contributed by atoms with Crippen molar-refractivity contribution in [1.29, 1.82) is 0 Å². The van der Waals surface area contributed by atoms with Gasteiger partial charge in [0.1, 0.15) is 0 Å². The fraction of sp³-hybridized carbons (Fsp3) is 0.435. The van der Waals surface area contributed by atoms with Crippen molar-refractivity contribution in [3.8, 4) is 0 Å². The molecule has 3 heteroatoms. The van der Waals surface area contributed by atoms with Crippen LogP contribution in [0.1, 0.15) is 49.3 Å². The second-order valence-corrected chi connectivity index (χ2v) is 7.86. The molecule has 3 atom stereocenters. The number of aromatic nitrogens is 1. The summed E-state index contributed by atoms with van der Waals surface area (Å²) in [7, 11) is 1.97. The van der Waals surface area contributed by atoms with Crippen LogP contribution in [0.4, 0.5) is 5.69 Å². The Labute approximate surface area is 156 Å². The molecule has 4 rings (SSSR count). The van der Waals surface area contributed by atoms with E-state index in [2.05, 4.69) is 41.7 Å². The number of benzene rings is 1. The number of rotatable bonds is 4. The van der Waals surface area contributed by atoms with Crippen LogP contribution in [-0.2, 0) is 18.3 Å². The molecule has 26 heavy (non-hydrogen) atoms. The number of nitrogens with zero attached hydrogens (tertiary/aromatic N) is 1. The van der Waals surface area contributed by atoms with Crippen molar-refractivity contribution in [1.82, 2.24) is 4.57 Å². The van der Waals surface area contributed by atoms with Crippen LogP contribution in [0.3, 0.4) is 0 Å². The van der Waals surface area contributed by atoms with Gasteiger partial charge in [-0.05, 0) is 60.9 Å². The lowest BCUT2D eigenvalue weighted by Crippen LogP contribution is -2.27. The van der Waals surface area contributed by atoms with E-state index in [0.717, 1.165) is 23.2 Å². The molecule has 1 aromatic carbocycles. The van der Waals surface area contributed by atoms with Gasteiger partial charge in [-0.15, -0.1) is 0 Å². The number of hydrogen-bond donors (Lipinski definition) is 1. The molecular formula is C23H28N2O. The molecule has 1 heterocycles. The molecule has 2 aliphatic carbocycles. The molecule has 1 aromatic heterocycles. The fourth-order valence-electron chi connectivity index (χ4n) is 4.74. The highest BCUT2D eigenvalue weighted by Crippen LogP contribution is 2.45. The number of allylic oxidation sites excluding steroid dienone is 2. The van der Waals surface area contributed by atoms with E-state index >= 15 is 0 Å². The van der Waals surface area contributed by atoms with Crippen LogP contribution in [0.2, 0.25) is 0 Å². The van der Waals surface area contributed by atoms with Crippen LogP contribution < -0.4 is 5.32 Å². The normalized spacial score (nSPS) is 24.9. The fourth-order valence-corrected chi connectivity index (χ4v) is 4.74.